The Morgan fingerprint density at radius 2 is 2.30 bits per heavy atom. The van der Waals surface area contributed by atoms with Gasteiger partial charge in [-0.1, -0.05) is 11.8 Å². The molecule has 0 fully saturated rings. The maximum atomic E-state index is 12.8. The van der Waals surface area contributed by atoms with Crippen molar-refractivity contribution in [3.05, 3.63) is 45.4 Å². The number of amides is 1. The molecule has 0 radical (unpaired) electrons. The molecular weight excluding hydrogens is 314 g/mol. The van der Waals surface area contributed by atoms with E-state index in [-0.39, 0.29) is 5.91 Å². The van der Waals surface area contributed by atoms with Crippen molar-refractivity contribution in [3.8, 4) is 0 Å². The van der Waals surface area contributed by atoms with Crippen LogP contribution in [0.25, 0.3) is 0 Å². The number of hydrogen-bond acceptors (Lipinski definition) is 6. The highest BCUT2D eigenvalue weighted by Crippen LogP contribution is 2.46. The summed E-state index contributed by atoms with van der Waals surface area (Å²) in [5.41, 5.74) is 1.66. The van der Waals surface area contributed by atoms with E-state index in [0.29, 0.717) is 24.4 Å². The lowest BCUT2D eigenvalue weighted by atomic mass is 9.85. The predicted octanol–water partition coefficient (Wildman–Crippen LogP) is 1.85. The Kier molecular flexibility index (Phi) is 3.42. The third kappa shape index (κ3) is 2.26. The Morgan fingerprint density at radius 3 is 3.04 bits per heavy atom. The van der Waals surface area contributed by atoms with Gasteiger partial charge in [-0.2, -0.15) is 0 Å². The first kappa shape index (κ1) is 14.7. The van der Waals surface area contributed by atoms with Crippen molar-refractivity contribution in [2.24, 2.45) is 5.84 Å². The van der Waals surface area contributed by atoms with Crippen LogP contribution in [0.3, 0.4) is 0 Å². The van der Waals surface area contributed by atoms with Gasteiger partial charge in [0, 0.05) is 35.6 Å². The fraction of sp³-hybridized carbons (Fsp3) is 0.438. The summed E-state index contributed by atoms with van der Waals surface area (Å²) in [6.45, 7) is 0.571. The molecule has 7 heteroatoms. The predicted molar refractivity (Wildman–Crippen MR) is 87.2 cm³/mol. The monoisotopic (exact) mass is 333 g/mol. The first-order valence-corrected chi connectivity index (χ1v) is 8.49. The fourth-order valence-electron chi connectivity index (χ4n) is 3.37. The molecule has 0 aromatic rings. The molecule has 6 nitrogen and oxygen atoms in total. The third-order valence-corrected chi connectivity index (χ3v) is 5.97. The highest BCUT2D eigenvalue weighted by atomic mass is 32.2. The van der Waals surface area contributed by atoms with Gasteiger partial charge in [-0.3, -0.25) is 9.80 Å². The van der Waals surface area contributed by atoms with Gasteiger partial charge in [0.05, 0.1) is 36.2 Å². The van der Waals surface area contributed by atoms with Crippen molar-refractivity contribution in [2.45, 2.75) is 31.2 Å². The molecule has 23 heavy (non-hydrogen) atoms. The van der Waals surface area contributed by atoms with E-state index in [1.807, 2.05) is 12.2 Å². The summed E-state index contributed by atoms with van der Waals surface area (Å²) >= 11 is 1.49. The first-order chi connectivity index (χ1) is 11.1. The van der Waals surface area contributed by atoms with Gasteiger partial charge in [-0.25, -0.2) is 5.84 Å². The second-order valence-electron chi connectivity index (χ2n) is 6.07. The Hall–Kier alpha value is -1.86. The molecule has 122 valence electrons. The second-order valence-corrected chi connectivity index (χ2v) is 7.12. The van der Waals surface area contributed by atoms with Crippen LogP contribution in [-0.4, -0.2) is 30.2 Å². The average molecular weight is 333 g/mol. The standard InChI is InChI=1S/C16H19N3O3S/c1-21-10-2-3-11-13(8-10)23-14-12(18-11)9-16(19(17)15(14)20)4-6-22-7-5-16/h4,6,8,18H,2-3,5,7,9,17H2,1H3. The van der Waals surface area contributed by atoms with Crippen LogP contribution < -0.4 is 11.2 Å². The zero-order valence-corrected chi connectivity index (χ0v) is 13.7. The molecule has 1 spiro atoms. The van der Waals surface area contributed by atoms with Crippen molar-refractivity contribution in [3.63, 3.8) is 0 Å². The Labute approximate surface area is 139 Å². The summed E-state index contributed by atoms with van der Waals surface area (Å²) in [5, 5.41) is 4.85. The van der Waals surface area contributed by atoms with E-state index in [1.165, 1.54) is 22.5 Å². The Bertz CT molecular complexity index is 695. The van der Waals surface area contributed by atoms with Crippen LogP contribution in [0, 0.1) is 0 Å². The van der Waals surface area contributed by atoms with E-state index in [4.69, 9.17) is 15.3 Å². The van der Waals surface area contributed by atoms with E-state index in [0.717, 1.165) is 29.2 Å². The van der Waals surface area contributed by atoms with Gasteiger partial charge in [0.2, 0.25) is 0 Å². The van der Waals surface area contributed by atoms with E-state index >= 15 is 0 Å². The maximum absolute atomic E-state index is 12.8. The number of methoxy groups -OCH3 is 1. The summed E-state index contributed by atoms with van der Waals surface area (Å²) in [5.74, 6) is 6.97. The third-order valence-electron chi connectivity index (χ3n) is 4.76. The molecule has 1 unspecified atom stereocenters. The first-order valence-electron chi connectivity index (χ1n) is 7.67. The van der Waals surface area contributed by atoms with Crippen molar-refractivity contribution >= 4 is 17.7 Å². The van der Waals surface area contributed by atoms with Crippen molar-refractivity contribution < 1.29 is 14.3 Å². The van der Waals surface area contributed by atoms with Gasteiger partial charge in [0.1, 0.15) is 0 Å². The normalized spacial score (nSPS) is 29.7. The number of carbonyl (C=O) groups excluding carboxylic acids is 1. The molecule has 0 saturated heterocycles. The second kappa shape index (κ2) is 5.35. The number of hydrazine groups is 1. The number of nitrogens with one attached hydrogen (secondary N) is 1. The van der Waals surface area contributed by atoms with E-state index < -0.39 is 5.54 Å². The van der Waals surface area contributed by atoms with Crippen LogP contribution in [0.4, 0.5) is 0 Å². The van der Waals surface area contributed by atoms with E-state index in [1.54, 1.807) is 13.4 Å². The smallest absolute Gasteiger partial charge is 0.277 e. The van der Waals surface area contributed by atoms with Crippen LogP contribution in [0.1, 0.15) is 25.7 Å². The zero-order valence-electron chi connectivity index (χ0n) is 12.9. The number of allylic oxidation sites excluding steroid dienone is 3. The zero-order chi connectivity index (χ0) is 16.0. The molecule has 3 aliphatic heterocycles. The number of hydrogen-bond donors (Lipinski definition) is 2. The van der Waals surface area contributed by atoms with Crippen molar-refractivity contribution in [2.75, 3.05) is 13.7 Å². The molecule has 0 aromatic carbocycles. The van der Waals surface area contributed by atoms with Gasteiger partial charge in [0.25, 0.3) is 5.91 Å². The molecule has 1 aliphatic carbocycles. The minimum Gasteiger partial charge on any atom is -0.501 e. The molecule has 4 rings (SSSR count). The number of ether oxygens (including phenoxy) is 2. The number of nitrogens with zero attached hydrogens (tertiary/aromatic N) is 1. The molecule has 3 N–H and O–H groups in total. The van der Waals surface area contributed by atoms with Crippen LogP contribution in [0.2, 0.25) is 0 Å². The number of carbonyl (C=O) groups is 1. The lowest BCUT2D eigenvalue weighted by molar-refractivity contribution is -0.133. The van der Waals surface area contributed by atoms with Gasteiger partial charge in [0.15, 0.2) is 0 Å². The molecule has 1 amide bonds. The molecular formula is C16H19N3O3S. The minimum atomic E-state index is -0.484. The summed E-state index contributed by atoms with van der Waals surface area (Å²) in [4.78, 5) is 14.5. The SMILES string of the molecule is COC1=CC2=C(CC1)NC1=C(S2)C(=O)N(N)C2(C=COCC2)C1. The Morgan fingerprint density at radius 1 is 1.43 bits per heavy atom. The van der Waals surface area contributed by atoms with Crippen LogP contribution in [0.15, 0.2) is 45.4 Å². The fourth-order valence-corrected chi connectivity index (χ4v) is 4.49. The van der Waals surface area contributed by atoms with Gasteiger partial charge >= 0.3 is 0 Å². The maximum Gasteiger partial charge on any atom is 0.277 e. The van der Waals surface area contributed by atoms with Crippen LogP contribution in [0.5, 0.6) is 0 Å². The highest BCUT2D eigenvalue weighted by molar-refractivity contribution is 8.07. The van der Waals surface area contributed by atoms with Crippen molar-refractivity contribution in [1.29, 1.82) is 0 Å². The largest absolute Gasteiger partial charge is 0.501 e. The number of nitrogens with two attached hydrogens (primary N) is 1. The van der Waals surface area contributed by atoms with Gasteiger partial charge in [-0.05, 0) is 18.6 Å². The topological polar surface area (TPSA) is 76.8 Å². The minimum absolute atomic E-state index is 0.139. The summed E-state index contributed by atoms with van der Waals surface area (Å²) in [6, 6.07) is 0. The number of thioether (sulfide) groups is 1. The van der Waals surface area contributed by atoms with Crippen LogP contribution in [-0.2, 0) is 14.3 Å². The summed E-state index contributed by atoms with van der Waals surface area (Å²) < 4.78 is 10.6. The summed E-state index contributed by atoms with van der Waals surface area (Å²) in [6.07, 6.45) is 8.72. The molecule has 1 atom stereocenters. The molecule has 3 heterocycles. The average Bonchev–Trinajstić information content (AvgIpc) is 2.59. The lowest BCUT2D eigenvalue weighted by Gasteiger charge is -2.46. The number of rotatable bonds is 1. The molecule has 4 aliphatic rings. The quantitative estimate of drug-likeness (QED) is 0.563. The van der Waals surface area contributed by atoms with Gasteiger partial charge < -0.3 is 14.8 Å². The summed E-state index contributed by atoms with van der Waals surface area (Å²) in [7, 11) is 1.68. The molecule has 0 bridgehead atoms. The highest BCUT2D eigenvalue weighted by Gasteiger charge is 2.46. The van der Waals surface area contributed by atoms with Crippen molar-refractivity contribution in [1.82, 2.24) is 10.3 Å². The van der Waals surface area contributed by atoms with E-state index in [2.05, 4.69) is 5.32 Å². The van der Waals surface area contributed by atoms with Crippen LogP contribution >= 0.6 is 11.8 Å². The lowest BCUT2D eigenvalue weighted by Crippen LogP contribution is -2.60. The molecule has 0 saturated carbocycles. The van der Waals surface area contributed by atoms with Gasteiger partial charge in [-0.15, -0.1) is 0 Å². The van der Waals surface area contributed by atoms with E-state index in [9.17, 15) is 4.79 Å². The Balaban J connectivity index is 1.67. The molecule has 0 aromatic heterocycles.